The summed E-state index contributed by atoms with van der Waals surface area (Å²) >= 11 is 0. The monoisotopic (exact) mass is 360 g/mol. The molecule has 1 fully saturated rings. The predicted molar refractivity (Wildman–Crippen MR) is 95.7 cm³/mol. The Hall–Kier alpha value is -2.47. The SMILES string of the molecule is N#Cc1ccccc1NC(=O)CC(NCCCN1CCOCC1)C(=O)O. The van der Waals surface area contributed by atoms with Crippen molar-refractivity contribution in [3.05, 3.63) is 29.8 Å². The number of nitriles is 1. The van der Waals surface area contributed by atoms with Crippen molar-refractivity contribution in [2.75, 3.05) is 44.7 Å². The molecule has 0 spiro atoms. The van der Waals surface area contributed by atoms with E-state index in [9.17, 15) is 14.7 Å². The van der Waals surface area contributed by atoms with Gasteiger partial charge in [-0.15, -0.1) is 0 Å². The van der Waals surface area contributed by atoms with Crippen LogP contribution in [-0.4, -0.2) is 67.3 Å². The number of amides is 1. The Kier molecular flexibility index (Phi) is 8.02. The van der Waals surface area contributed by atoms with Gasteiger partial charge in [-0.3, -0.25) is 14.5 Å². The molecular weight excluding hydrogens is 336 g/mol. The third-order valence-electron chi connectivity index (χ3n) is 4.15. The Morgan fingerprint density at radius 1 is 1.31 bits per heavy atom. The van der Waals surface area contributed by atoms with Gasteiger partial charge in [-0.1, -0.05) is 12.1 Å². The molecule has 0 aromatic heterocycles. The van der Waals surface area contributed by atoms with Crippen LogP contribution >= 0.6 is 0 Å². The van der Waals surface area contributed by atoms with Crippen LogP contribution in [0.25, 0.3) is 0 Å². The summed E-state index contributed by atoms with van der Waals surface area (Å²) < 4.78 is 5.29. The first-order chi connectivity index (χ1) is 12.6. The summed E-state index contributed by atoms with van der Waals surface area (Å²) in [5.74, 6) is -1.51. The van der Waals surface area contributed by atoms with Gasteiger partial charge in [0, 0.05) is 13.1 Å². The van der Waals surface area contributed by atoms with Crippen LogP contribution in [0.4, 0.5) is 5.69 Å². The number of carboxylic acids is 1. The first kappa shape index (κ1) is 19.8. The zero-order valence-electron chi connectivity index (χ0n) is 14.6. The molecule has 140 valence electrons. The summed E-state index contributed by atoms with van der Waals surface area (Å²) in [4.78, 5) is 25.8. The third kappa shape index (κ3) is 6.44. The van der Waals surface area contributed by atoms with Gasteiger partial charge in [0.1, 0.15) is 12.1 Å². The van der Waals surface area contributed by atoms with E-state index in [0.717, 1.165) is 39.3 Å². The first-order valence-electron chi connectivity index (χ1n) is 8.65. The van der Waals surface area contributed by atoms with E-state index in [-0.39, 0.29) is 6.42 Å². The number of morpholine rings is 1. The Balaban J connectivity index is 1.76. The van der Waals surface area contributed by atoms with Crippen molar-refractivity contribution in [2.24, 2.45) is 0 Å². The van der Waals surface area contributed by atoms with Crippen LogP contribution in [0.15, 0.2) is 24.3 Å². The molecule has 8 nitrogen and oxygen atoms in total. The average Bonchev–Trinajstić information content (AvgIpc) is 2.65. The molecule has 1 amide bonds. The Morgan fingerprint density at radius 3 is 2.73 bits per heavy atom. The van der Waals surface area contributed by atoms with Gasteiger partial charge in [-0.05, 0) is 31.6 Å². The normalized spacial score (nSPS) is 15.8. The second kappa shape index (κ2) is 10.5. The molecule has 1 unspecified atom stereocenters. The summed E-state index contributed by atoms with van der Waals surface area (Å²) in [6, 6.07) is 7.63. The van der Waals surface area contributed by atoms with Gasteiger partial charge in [0.2, 0.25) is 5.91 Å². The molecule has 8 heteroatoms. The van der Waals surface area contributed by atoms with Crippen LogP contribution in [0.5, 0.6) is 0 Å². The van der Waals surface area contributed by atoms with Crippen molar-refractivity contribution in [1.29, 1.82) is 5.26 Å². The lowest BCUT2D eigenvalue weighted by Crippen LogP contribution is -2.42. The number of para-hydroxylation sites is 1. The Morgan fingerprint density at radius 2 is 2.04 bits per heavy atom. The Bertz CT molecular complexity index is 653. The highest BCUT2D eigenvalue weighted by molar-refractivity contribution is 5.95. The van der Waals surface area contributed by atoms with Crippen molar-refractivity contribution < 1.29 is 19.4 Å². The molecule has 0 radical (unpaired) electrons. The minimum Gasteiger partial charge on any atom is -0.480 e. The molecule has 1 atom stereocenters. The zero-order valence-corrected chi connectivity index (χ0v) is 14.6. The summed E-state index contributed by atoms with van der Waals surface area (Å²) in [7, 11) is 0. The minimum absolute atomic E-state index is 0.202. The van der Waals surface area contributed by atoms with Gasteiger partial charge in [0.25, 0.3) is 0 Å². The van der Waals surface area contributed by atoms with E-state index in [4.69, 9.17) is 10.00 Å². The summed E-state index contributed by atoms with van der Waals surface area (Å²) in [6.45, 7) is 4.62. The highest BCUT2D eigenvalue weighted by Gasteiger charge is 2.21. The van der Waals surface area contributed by atoms with E-state index in [1.165, 1.54) is 0 Å². The number of nitrogens with one attached hydrogen (secondary N) is 2. The molecule has 0 aliphatic carbocycles. The number of rotatable bonds is 9. The van der Waals surface area contributed by atoms with E-state index in [1.807, 2.05) is 6.07 Å². The van der Waals surface area contributed by atoms with Crippen LogP contribution in [0.3, 0.4) is 0 Å². The Labute approximate surface area is 152 Å². The second-order valence-electron chi connectivity index (χ2n) is 6.06. The van der Waals surface area contributed by atoms with Gasteiger partial charge < -0.3 is 20.5 Å². The molecule has 2 rings (SSSR count). The summed E-state index contributed by atoms with van der Waals surface area (Å²) in [5, 5.41) is 23.9. The number of carbonyl (C=O) groups is 2. The number of carboxylic acid groups (broad SMARTS) is 1. The molecule has 1 heterocycles. The van der Waals surface area contributed by atoms with Crippen molar-refractivity contribution in [1.82, 2.24) is 10.2 Å². The van der Waals surface area contributed by atoms with Gasteiger partial charge in [-0.25, -0.2) is 0 Å². The highest BCUT2D eigenvalue weighted by atomic mass is 16.5. The molecule has 1 aliphatic rings. The number of aliphatic carboxylic acids is 1. The largest absolute Gasteiger partial charge is 0.480 e. The lowest BCUT2D eigenvalue weighted by Gasteiger charge is -2.26. The fourth-order valence-corrected chi connectivity index (χ4v) is 2.73. The van der Waals surface area contributed by atoms with E-state index in [1.54, 1.807) is 24.3 Å². The number of ether oxygens (including phenoxy) is 1. The number of anilines is 1. The highest BCUT2D eigenvalue weighted by Crippen LogP contribution is 2.14. The predicted octanol–water partition coefficient (Wildman–Crippen LogP) is 0.652. The van der Waals surface area contributed by atoms with E-state index < -0.39 is 17.9 Å². The molecule has 26 heavy (non-hydrogen) atoms. The maximum Gasteiger partial charge on any atom is 0.321 e. The smallest absolute Gasteiger partial charge is 0.321 e. The fourth-order valence-electron chi connectivity index (χ4n) is 2.73. The lowest BCUT2D eigenvalue weighted by molar-refractivity contribution is -0.141. The standard InChI is InChI=1S/C18H24N4O4/c19-13-14-4-1-2-5-15(14)21-17(23)12-16(18(24)25)20-6-3-7-22-8-10-26-11-9-22/h1-2,4-5,16,20H,3,6-12H2,(H,21,23)(H,24,25). The van der Waals surface area contributed by atoms with E-state index in [0.29, 0.717) is 17.8 Å². The maximum absolute atomic E-state index is 12.1. The van der Waals surface area contributed by atoms with Crippen LogP contribution in [0.2, 0.25) is 0 Å². The average molecular weight is 360 g/mol. The molecule has 1 saturated heterocycles. The quantitative estimate of drug-likeness (QED) is 0.554. The van der Waals surface area contributed by atoms with Crippen LogP contribution in [0.1, 0.15) is 18.4 Å². The lowest BCUT2D eigenvalue weighted by atomic mass is 10.1. The van der Waals surface area contributed by atoms with Crippen molar-refractivity contribution in [3.8, 4) is 6.07 Å². The molecule has 0 saturated carbocycles. The number of nitrogens with zero attached hydrogens (tertiary/aromatic N) is 2. The van der Waals surface area contributed by atoms with Gasteiger partial charge in [0.05, 0.1) is 30.9 Å². The van der Waals surface area contributed by atoms with Crippen molar-refractivity contribution in [2.45, 2.75) is 18.9 Å². The maximum atomic E-state index is 12.1. The van der Waals surface area contributed by atoms with Crippen LogP contribution < -0.4 is 10.6 Å². The fraction of sp³-hybridized carbons (Fsp3) is 0.500. The van der Waals surface area contributed by atoms with Gasteiger partial charge >= 0.3 is 5.97 Å². The molecule has 3 N–H and O–H groups in total. The van der Waals surface area contributed by atoms with Crippen LogP contribution in [-0.2, 0) is 14.3 Å². The molecule has 0 bridgehead atoms. The molecule has 1 aromatic rings. The first-order valence-corrected chi connectivity index (χ1v) is 8.65. The summed E-state index contributed by atoms with van der Waals surface area (Å²) in [5.41, 5.74) is 0.725. The third-order valence-corrected chi connectivity index (χ3v) is 4.15. The van der Waals surface area contributed by atoms with Crippen molar-refractivity contribution >= 4 is 17.6 Å². The minimum atomic E-state index is -1.07. The number of benzene rings is 1. The zero-order chi connectivity index (χ0) is 18.8. The van der Waals surface area contributed by atoms with E-state index in [2.05, 4.69) is 15.5 Å². The van der Waals surface area contributed by atoms with Gasteiger partial charge in [-0.2, -0.15) is 5.26 Å². The van der Waals surface area contributed by atoms with E-state index >= 15 is 0 Å². The summed E-state index contributed by atoms with van der Waals surface area (Å²) in [6.07, 6.45) is 0.593. The molecule has 1 aromatic carbocycles. The molecular formula is C18H24N4O4. The molecule has 1 aliphatic heterocycles. The topological polar surface area (TPSA) is 115 Å². The number of hydrogen-bond acceptors (Lipinski definition) is 6. The van der Waals surface area contributed by atoms with Crippen LogP contribution in [0, 0.1) is 11.3 Å². The second-order valence-corrected chi connectivity index (χ2v) is 6.06. The number of hydrogen-bond donors (Lipinski definition) is 3. The van der Waals surface area contributed by atoms with Gasteiger partial charge in [0.15, 0.2) is 0 Å². The number of carbonyl (C=O) groups excluding carboxylic acids is 1. The van der Waals surface area contributed by atoms with Crippen molar-refractivity contribution in [3.63, 3.8) is 0 Å².